The van der Waals surface area contributed by atoms with Gasteiger partial charge >= 0.3 is 5.97 Å². The highest BCUT2D eigenvalue weighted by Crippen LogP contribution is 2.18. The van der Waals surface area contributed by atoms with Crippen molar-refractivity contribution in [2.75, 3.05) is 6.61 Å². The van der Waals surface area contributed by atoms with Crippen LogP contribution in [0.25, 0.3) is 5.69 Å². The summed E-state index contributed by atoms with van der Waals surface area (Å²) in [5, 5.41) is 13.9. The van der Waals surface area contributed by atoms with Gasteiger partial charge in [-0.15, -0.1) is 0 Å². The maximum absolute atomic E-state index is 11.6. The molecule has 0 aliphatic heterocycles. The van der Waals surface area contributed by atoms with Crippen LogP contribution in [0, 0.1) is 0 Å². The first-order chi connectivity index (χ1) is 9.65. The van der Waals surface area contributed by atoms with E-state index in [9.17, 15) is 9.90 Å². The third-order valence-corrected chi connectivity index (χ3v) is 3.02. The van der Waals surface area contributed by atoms with Crippen LogP contribution in [0.2, 0.25) is 0 Å². The molecule has 1 N–H and O–H groups in total. The van der Waals surface area contributed by atoms with Gasteiger partial charge in [-0.05, 0) is 31.0 Å². The Balaban J connectivity index is 2.18. The highest BCUT2D eigenvalue weighted by molar-refractivity contribution is 5.88. The van der Waals surface area contributed by atoms with Crippen molar-refractivity contribution >= 4 is 5.97 Å². The van der Waals surface area contributed by atoms with E-state index in [2.05, 4.69) is 5.10 Å². The molecule has 0 aliphatic rings. The Morgan fingerprint density at radius 1 is 1.35 bits per heavy atom. The summed E-state index contributed by atoms with van der Waals surface area (Å²) >= 11 is 0. The second-order valence-electron chi connectivity index (χ2n) is 4.41. The maximum atomic E-state index is 11.6. The molecule has 0 radical (unpaired) electrons. The molecule has 0 saturated carbocycles. The number of rotatable bonds is 5. The van der Waals surface area contributed by atoms with Crippen LogP contribution in [0.4, 0.5) is 0 Å². The lowest BCUT2D eigenvalue weighted by Gasteiger charge is -2.08. The van der Waals surface area contributed by atoms with Gasteiger partial charge in [0.2, 0.25) is 0 Å². The fraction of sp³-hybridized carbons (Fsp3) is 0.333. The zero-order chi connectivity index (χ0) is 14.5. The first-order valence-electron chi connectivity index (χ1n) is 6.65. The molecule has 5 nitrogen and oxygen atoms in total. The average molecular weight is 274 g/mol. The van der Waals surface area contributed by atoms with E-state index >= 15 is 0 Å². The number of benzene rings is 1. The summed E-state index contributed by atoms with van der Waals surface area (Å²) in [5.41, 5.74) is 2.12. The Morgan fingerprint density at radius 2 is 2.05 bits per heavy atom. The number of carbonyl (C=O) groups is 1. The summed E-state index contributed by atoms with van der Waals surface area (Å²) in [6.07, 6.45) is 3.33. The minimum absolute atomic E-state index is 0.341. The lowest BCUT2D eigenvalue weighted by Crippen LogP contribution is -2.03. The second kappa shape index (κ2) is 6.34. The summed E-state index contributed by atoms with van der Waals surface area (Å²) in [4.78, 5) is 11.6. The van der Waals surface area contributed by atoms with Gasteiger partial charge < -0.3 is 9.84 Å². The first-order valence-corrected chi connectivity index (χ1v) is 6.65. The average Bonchev–Trinajstić information content (AvgIpc) is 2.97. The number of nitrogens with zero attached hydrogens (tertiary/aromatic N) is 2. The molecule has 2 aromatic rings. The van der Waals surface area contributed by atoms with Crippen molar-refractivity contribution in [2.45, 2.75) is 26.4 Å². The molecule has 0 spiro atoms. The van der Waals surface area contributed by atoms with E-state index in [4.69, 9.17) is 4.74 Å². The van der Waals surface area contributed by atoms with Crippen molar-refractivity contribution in [3.63, 3.8) is 0 Å². The van der Waals surface area contributed by atoms with Gasteiger partial charge in [-0.25, -0.2) is 9.48 Å². The van der Waals surface area contributed by atoms with Crippen molar-refractivity contribution in [1.82, 2.24) is 9.78 Å². The van der Waals surface area contributed by atoms with Crippen LogP contribution in [0.3, 0.4) is 0 Å². The highest BCUT2D eigenvalue weighted by Gasteiger charge is 2.10. The minimum atomic E-state index is -0.447. The molecule has 0 fully saturated rings. The summed E-state index contributed by atoms with van der Waals surface area (Å²) in [6, 6.07) is 7.43. The van der Waals surface area contributed by atoms with Crippen LogP contribution >= 0.6 is 0 Å². The van der Waals surface area contributed by atoms with E-state index in [0.717, 1.165) is 11.3 Å². The number of carbonyl (C=O) groups excluding carboxylic acids is 1. The predicted octanol–water partition coefficient (Wildman–Crippen LogP) is 2.49. The molecule has 1 aromatic heterocycles. The van der Waals surface area contributed by atoms with Gasteiger partial charge in [-0.1, -0.05) is 19.1 Å². The minimum Gasteiger partial charge on any atom is -0.462 e. The van der Waals surface area contributed by atoms with Gasteiger partial charge in [0.25, 0.3) is 0 Å². The SMILES string of the molecule is CCOC(=O)c1cnn(-c2ccc(C(O)CC)cc2)c1. The molecule has 1 aromatic carbocycles. The molecule has 1 heterocycles. The normalized spacial score (nSPS) is 12.2. The molecule has 2 rings (SSSR count). The second-order valence-corrected chi connectivity index (χ2v) is 4.41. The standard InChI is InChI=1S/C15H18N2O3/c1-3-14(18)11-5-7-13(8-6-11)17-10-12(9-16-17)15(19)20-4-2/h5-10,14,18H,3-4H2,1-2H3. The van der Waals surface area contributed by atoms with E-state index in [-0.39, 0.29) is 5.97 Å². The molecule has 1 atom stereocenters. The molecule has 0 amide bonds. The molecule has 0 aliphatic carbocycles. The van der Waals surface area contributed by atoms with Gasteiger partial charge in [-0.3, -0.25) is 0 Å². The van der Waals surface area contributed by atoms with Crippen LogP contribution in [0.15, 0.2) is 36.7 Å². The Labute approximate surface area is 117 Å². The van der Waals surface area contributed by atoms with Gasteiger partial charge in [0.15, 0.2) is 0 Å². The summed E-state index contributed by atoms with van der Waals surface area (Å²) in [6.45, 7) is 4.03. The van der Waals surface area contributed by atoms with E-state index < -0.39 is 6.10 Å². The van der Waals surface area contributed by atoms with Crippen LogP contribution in [-0.4, -0.2) is 27.5 Å². The van der Waals surface area contributed by atoms with Crippen LogP contribution in [-0.2, 0) is 4.74 Å². The molecular weight excluding hydrogens is 256 g/mol. The molecule has 0 bridgehead atoms. The van der Waals surface area contributed by atoms with Gasteiger partial charge in [0.1, 0.15) is 0 Å². The van der Waals surface area contributed by atoms with Gasteiger partial charge in [-0.2, -0.15) is 5.10 Å². The largest absolute Gasteiger partial charge is 0.462 e. The number of esters is 1. The van der Waals surface area contributed by atoms with Crippen molar-refractivity contribution in [3.05, 3.63) is 47.8 Å². The fourth-order valence-electron chi connectivity index (χ4n) is 1.87. The quantitative estimate of drug-likeness (QED) is 0.851. The number of ether oxygens (including phenoxy) is 1. The Bertz CT molecular complexity index is 575. The van der Waals surface area contributed by atoms with Gasteiger partial charge in [0, 0.05) is 6.20 Å². The van der Waals surface area contributed by atoms with E-state index in [1.807, 2.05) is 31.2 Å². The van der Waals surface area contributed by atoms with Crippen molar-refractivity contribution in [3.8, 4) is 5.69 Å². The van der Waals surface area contributed by atoms with Crippen LogP contribution < -0.4 is 0 Å². The van der Waals surface area contributed by atoms with Crippen molar-refractivity contribution < 1.29 is 14.6 Å². The zero-order valence-corrected chi connectivity index (χ0v) is 11.6. The molecule has 20 heavy (non-hydrogen) atoms. The summed E-state index contributed by atoms with van der Waals surface area (Å²) < 4.78 is 6.52. The van der Waals surface area contributed by atoms with Crippen molar-refractivity contribution in [1.29, 1.82) is 0 Å². The van der Waals surface area contributed by atoms with E-state index in [0.29, 0.717) is 18.6 Å². The maximum Gasteiger partial charge on any atom is 0.341 e. The molecule has 5 heteroatoms. The number of hydrogen-bond acceptors (Lipinski definition) is 4. The van der Waals surface area contributed by atoms with Crippen LogP contribution in [0.5, 0.6) is 0 Å². The third kappa shape index (κ3) is 3.05. The molecule has 0 saturated heterocycles. The third-order valence-electron chi connectivity index (χ3n) is 3.02. The predicted molar refractivity (Wildman–Crippen MR) is 74.8 cm³/mol. The summed E-state index contributed by atoms with van der Waals surface area (Å²) in [7, 11) is 0. The highest BCUT2D eigenvalue weighted by atomic mass is 16.5. The Kier molecular flexibility index (Phi) is 4.53. The van der Waals surface area contributed by atoms with Gasteiger partial charge in [0.05, 0.1) is 30.2 Å². The zero-order valence-electron chi connectivity index (χ0n) is 11.6. The number of hydrogen-bond donors (Lipinski definition) is 1. The molecule has 1 unspecified atom stereocenters. The lowest BCUT2D eigenvalue weighted by atomic mass is 10.1. The topological polar surface area (TPSA) is 64.3 Å². The van der Waals surface area contributed by atoms with E-state index in [1.54, 1.807) is 17.8 Å². The van der Waals surface area contributed by atoms with Crippen LogP contribution in [0.1, 0.15) is 42.3 Å². The van der Waals surface area contributed by atoms with Crippen molar-refractivity contribution in [2.24, 2.45) is 0 Å². The number of aromatic nitrogens is 2. The lowest BCUT2D eigenvalue weighted by molar-refractivity contribution is 0.0526. The smallest absolute Gasteiger partial charge is 0.341 e. The Morgan fingerprint density at radius 3 is 2.65 bits per heavy atom. The molecule has 106 valence electrons. The van der Waals surface area contributed by atoms with E-state index in [1.165, 1.54) is 6.20 Å². The first kappa shape index (κ1) is 14.3. The Hall–Kier alpha value is -2.14. The molecular formula is C15H18N2O3. The number of aliphatic hydroxyl groups is 1. The monoisotopic (exact) mass is 274 g/mol. The summed E-state index contributed by atoms with van der Waals surface area (Å²) in [5.74, 6) is -0.378. The number of aliphatic hydroxyl groups excluding tert-OH is 1. The fourth-order valence-corrected chi connectivity index (χ4v) is 1.87.